The van der Waals surface area contributed by atoms with Gasteiger partial charge < -0.3 is 10.3 Å². The lowest BCUT2D eigenvalue weighted by molar-refractivity contribution is 0.426. The zero-order valence-electron chi connectivity index (χ0n) is 15.6. The minimum Gasteiger partial charge on any atom is -0.322 e. The van der Waals surface area contributed by atoms with Crippen LogP contribution >= 0.6 is 0 Å². The van der Waals surface area contributed by atoms with E-state index in [4.69, 9.17) is 5.10 Å². The van der Waals surface area contributed by atoms with Crippen molar-refractivity contribution in [3.8, 4) is 0 Å². The molecule has 2 aliphatic carbocycles. The fourth-order valence-corrected chi connectivity index (χ4v) is 4.67. The fourth-order valence-electron chi connectivity index (χ4n) is 4.67. The maximum Gasteiger partial charge on any atom is 0.252 e. The van der Waals surface area contributed by atoms with E-state index in [1.165, 1.54) is 43.4 Å². The third-order valence-corrected chi connectivity index (χ3v) is 6.18. The number of aryl methyl sites for hydroxylation is 1. The Bertz CT molecular complexity index is 1010. The van der Waals surface area contributed by atoms with E-state index in [0.29, 0.717) is 12.6 Å². The van der Waals surface area contributed by atoms with Gasteiger partial charge in [-0.3, -0.25) is 9.48 Å². The third kappa shape index (κ3) is 3.21. The average Bonchev–Trinajstić information content (AvgIpc) is 3.35. The molecule has 1 atom stereocenters. The highest BCUT2D eigenvalue weighted by atomic mass is 16.1. The largest absolute Gasteiger partial charge is 0.322 e. The van der Waals surface area contributed by atoms with Crippen molar-refractivity contribution in [3.05, 3.63) is 63.7 Å². The summed E-state index contributed by atoms with van der Waals surface area (Å²) in [6, 6.07) is 10.7. The minimum absolute atomic E-state index is 0.00582. The lowest BCUT2D eigenvalue weighted by atomic mass is 9.93. The van der Waals surface area contributed by atoms with Crippen LogP contribution in [0.4, 0.5) is 0 Å². The number of aromatic amines is 1. The van der Waals surface area contributed by atoms with Gasteiger partial charge in [-0.15, -0.1) is 0 Å². The van der Waals surface area contributed by atoms with E-state index >= 15 is 0 Å². The van der Waals surface area contributed by atoms with E-state index in [0.717, 1.165) is 29.3 Å². The third-order valence-electron chi connectivity index (χ3n) is 6.18. The molecule has 0 saturated heterocycles. The lowest BCUT2D eigenvalue weighted by Gasteiger charge is -2.22. The Morgan fingerprint density at radius 3 is 2.89 bits per heavy atom. The van der Waals surface area contributed by atoms with Crippen LogP contribution in [-0.2, 0) is 13.0 Å². The van der Waals surface area contributed by atoms with Crippen LogP contribution in [0.25, 0.3) is 10.9 Å². The van der Waals surface area contributed by atoms with Crippen LogP contribution in [0.5, 0.6) is 0 Å². The van der Waals surface area contributed by atoms with E-state index in [-0.39, 0.29) is 11.6 Å². The van der Waals surface area contributed by atoms with Crippen molar-refractivity contribution in [2.75, 3.05) is 0 Å². The molecule has 2 aliphatic rings. The molecule has 1 saturated carbocycles. The van der Waals surface area contributed by atoms with Crippen LogP contribution in [0.15, 0.2) is 41.3 Å². The quantitative estimate of drug-likeness (QED) is 0.737. The highest BCUT2D eigenvalue weighted by molar-refractivity contribution is 5.78. The fraction of sp³-hybridized carbons (Fsp3) is 0.455. The first-order chi connectivity index (χ1) is 13.3. The first kappa shape index (κ1) is 16.8. The minimum atomic E-state index is -0.00582. The smallest absolute Gasteiger partial charge is 0.252 e. The Morgan fingerprint density at radius 2 is 2.00 bits per heavy atom. The van der Waals surface area contributed by atoms with Gasteiger partial charge in [-0.25, -0.2) is 0 Å². The number of pyridine rings is 1. The molecule has 5 nitrogen and oxygen atoms in total. The number of H-pyrrole nitrogens is 1. The van der Waals surface area contributed by atoms with Gasteiger partial charge in [0.05, 0.1) is 17.8 Å². The summed E-state index contributed by atoms with van der Waals surface area (Å²) in [4.78, 5) is 15.4. The normalized spacial score (nSPS) is 20.2. The van der Waals surface area contributed by atoms with Crippen molar-refractivity contribution in [2.24, 2.45) is 0 Å². The van der Waals surface area contributed by atoms with Crippen LogP contribution in [0, 0.1) is 0 Å². The number of nitrogens with one attached hydrogen (secondary N) is 2. The number of para-hydroxylation sites is 1. The number of hydrogen-bond acceptors (Lipinski definition) is 3. The Balaban J connectivity index is 1.36. The standard InChI is InChI=1S/C22H26N4O/c27-22-17(12-15-6-1-4-10-19(15)24-22)13-23-20-11-5-7-16-14-26(25-21(16)20)18-8-2-3-9-18/h1,4,6,10,12,14,18,20,23H,2-3,5,7-9,11,13H2,(H,24,27). The number of rotatable bonds is 4. The maximum absolute atomic E-state index is 12.4. The van der Waals surface area contributed by atoms with Gasteiger partial charge in [0.25, 0.3) is 5.56 Å². The van der Waals surface area contributed by atoms with Crippen LogP contribution in [0.2, 0.25) is 0 Å². The van der Waals surface area contributed by atoms with Crippen molar-refractivity contribution in [2.45, 2.75) is 63.6 Å². The molecule has 1 aromatic carbocycles. The summed E-state index contributed by atoms with van der Waals surface area (Å²) in [5, 5.41) is 9.65. The van der Waals surface area contributed by atoms with Crippen LogP contribution in [0.1, 0.15) is 67.4 Å². The lowest BCUT2D eigenvalue weighted by Crippen LogP contribution is -2.28. The molecule has 1 fully saturated rings. The zero-order chi connectivity index (χ0) is 18.2. The summed E-state index contributed by atoms with van der Waals surface area (Å²) in [5.74, 6) is 0. The van der Waals surface area contributed by atoms with Crippen LogP contribution in [-0.4, -0.2) is 14.8 Å². The summed E-state index contributed by atoms with van der Waals surface area (Å²) in [7, 11) is 0. The van der Waals surface area contributed by atoms with Crippen molar-refractivity contribution in [1.82, 2.24) is 20.1 Å². The Hall–Kier alpha value is -2.40. The van der Waals surface area contributed by atoms with Gasteiger partial charge >= 0.3 is 0 Å². The van der Waals surface area contributed by atoms with Crippen molar-refractivity contribution in [1.29, 1.82) is 0 Å². The van der Waals surface area contributed by atoms with Crippen LogP contribution in [0.3, 0.4) is 0 Å². The van der Waals surface area contributed by atoms with Gasteiger partial charge in [0.1, 0.15) is 0 Å². The van der Waals surface area contributed by atoms with Crippen LogP contribution < -0.4 is 10.9 Å². The van der Waals surface area contributed by atoms with Gasteiger partial charge in [0, 0.05) is 23.8 Å². The van der Waals surface area contributed by atoms with Gasteiger partial charge in [-0.1, -0.05) is 31.0 Å². The molecule has 2 N–H and O–H groups in total. The van der Waals surface area contributed by atoms with Gasteiger partial charge in [-0.05, 0) is 55.2 Å². The molecule has 0 amide bonds. The molecule has 27 heavy (non-hydrogen) atoms. The topological polar surface area (TPSA) is 62.7 Å². The molecule has 0 spiro atoms. The molecule has 2 aromatic heterocycles. The number of fused-ring (bicyclic) bond motifs is 2. The van der Waals surface area contributed by atoms with E-state index in [9.17, 15) is 4.79 Å². The molecule has 140 valence electrons. The molecule has 3 aromatic rings. The highest BCUT2D eigenvalue weighted by Gasteiger charge is 2.26. The summed E-state index contributed by atoms with van der Waals surface area (Å²) in [6.07, 6.45) is 10.8. The highest BCUT2D eigenvalue weighted by Crippen LogP contribution is 2.33. The SMILES string of the molecule is O=c1[nH]c2ccccc2cc1CNC1CCCc2cn(C3CCCC3)nc21. The van der Waals surface area contributed by atoms with E-state index in [1.807, 2.05) is 30.3 Å². The molecule has 5 heteroatoms. The average molecular weight is 362 g/mol. The number of benzene rings is 1. The molecular formula is C22H26N4O. The number of aromatic nitrogens is 3. The Morgan fingerprint density at radius 1 is 1.15 bits per heavy atom. The predicted octanol–water partition coefficient (Wildman–Crippen LogP) is 4.01. The summed E-state index contributed by atoms with van der Waals surface area (Å²) >= 11 is 0. The number of hydrogen-bond donors (Lipinski definition) is 2. The molecular weight excluding hydrogens is 336 g/mol. The second kappa shape index (κ2) is 6.97. The summed E-state index contributed by atoms with van der Waals surface area (Å²) < 4.78 is 2.22. The second-order valence-electron chi connectivity index (χ2n) is 7.99. The summed E-state index contributed by atoms with van der Waals surface area (Å²) in [6.45, 7) is 0.570. The molecule has 1 unspecified atom stereocenters. The molecule has 5 rings (SSSR count). The van der Waals surface area contributed by atoms with Gasteiger partial charge in [0.2, 0.25) is 0 Å². The molecule has 2 heterocycles. The first-order valence-electron chi connectivity index (χ1n) is 10.2. The van der Waals surface area contributed by atoms with Crippen molar-refractivity contribution < 1.29 is 0 Å². The van der Waals surface area contributed by atoms with Crippen molar-refractivity contribution in [3.63, 3.8) is 0 Å². The zero-order valence-corrected chi connectivity index (χ0v) is 15.6. The molecule has 0 aliphatic heterocycles. The first-order valence-corrected chi connectivity index (χ1v) is 10.2. The predicted molar refractivity (Wildman–Crippen MR) is 107 cm³/mol. The maximum atomic E-state index is 12.4. The van der Waals surface area contributed by atoms with E-state index in [2.05, 4.69) is 21.2 Å². The van der Waals surface area contributed by atoms with Gasteiger partial charge in [0.15, 0.2) is 0 Å². The Kier molecular flexibility index (Phi) is 4.32. The number of nitrogens with zero attached hydrogens (tertiary/aromatic N) is 2. The van der Waals surface area contributed by atoms with Crippen molar-refractivity contribution >= 4 is 10.9 Å². The second-order valence-corrected chi connectivity index (χ2v) is 7.99. The summed E-state index contributed by atoms with van der Waals surface area (Å²) in [5.41, 5.74) is 4.26. The monoisotopic (exact) mass is 362 g/mol. The van der Waals surface area contributed by atoms with E-state index < -0.39 is 0 Å². The van der Waals surface area contributed by atoms with E-state index in [1.54, 1.807) is 0 Å². The Labute approximate surface area is 158 Å². The van der Waals surface area contributed by atoms with Gasteiger partial charge in [-0.2, -0.15) is 5.10 Å². The molecule has 0 bridgehead atoms. The molecule has 0 radical (unpaired) electrons.